The Kier molecular flexibility index (Phi) is 4.93. The molecule has 1 aromatic carbocycles. The number of aliphatic hydroxyl groups is 1. The first kappa shape index (κ1) is 11.8. The monoisotopic (exact) mass is 211 g/mol. The first-order valence-corrected chi connectivity index (χ1v) is 4.98. The standard InChI is InChI=1S/C11H17NO3/c1-2-14-10-3-5-11(6-4-10)15-8-9(12)7-13/h3-6,9,13H,2,7-8,12H2,1H3. The second-order valence-corrected chi connectivity index (χ2v) is 3.16. The van der Waals surface area contributed by atoms with Gasteiger partial charge in [-0.05, 0) is 31.2 Å². The summed E-state index contributed by atoms with van der Waals surface area (Å²) < 4.78 is 10.6. The fraction of sp³-hybridized carbons (Fsp3) is 0.455. The molecule has 0 bridgehead atoms. The molecule has 0 spiro atoms. The van der Waals surface area contributed by atoms with Crippen molar-refractivity contribution in [3.8, 4) is 11.5 Å². The molecule has 0 aliphatic rings. The molecule has 1 unspecified atom stereocenters. The molecule has 0 heterocycles. The van der Waals surface area contributed by atoms with Gasteiger partial charge < -0.3 is 20.3 Å². The highest BCUT2D eigenvalue weighted by Crippen LogP contribution is 2.17. The minimum Gasteiger partial charge on any atom is -0.494 e. The van der Waals surface area contributed by atoms with Crippen molar-refractivity contribution < 1.29 is 14.6 Å². The van der Waals surface area contributed by atoms with E-state index in [0.717, 1.165) is 11.5 Å². The van der Waals surface area contributed by atoms with Crippen molar-refractivity contribution in [3.63, 3.8) is 0 Å². The number of hydrogen-bond donors (Lipinski definition) is 2. The van der Waals surface area contributed by atoms with Crippen LogP contribution in [-0.4, -0.2) is 31.0 Å². The zero-order chi connectivity index (χ0) is 11.1. The third-order valence-electron chi connectivity index (χ3n) is 1.83. The van der Waals surface area contributed by atoms with Crippen LogP contribution in [0, 0.1) is 0 Å². The van der Waals surface area contributed by atoms with Crippen molar-refractivity contribution in [2.24, 2.45) is 5.73 Å². The number of benzene rings is 1. The van der Waals surface area contributed by atoms with E-state index in [4.69, 9.17) is 20.3 Å². The fourth-order valence-electron chi connectivity index (χ4n) is 1.05. The van der Waals surface area contributed by atoms with Gasteiger partial charge in [-0.15, -0.1) is 0 Å². The number of rotatable bonds is 6. The minimum atomic E-state index is -0.337. The van der Waals surface area contributed by atoms with Crippen molar-refractivity contribution in [2.45, 2.75) is 13.0 Å². The normalized spacial score (nSPS) is 12.2. The van der Waals surface area contributed by atoms with E-state index in [9.17, 15) is 0 Å². The highest BCUT2D eigenvalue weighted by Gasteiger charge is 2.01. The summed E-state index contributed by atoms with van der Waals surface area (Å²) in [6.07, 6.45) is 0. The fourth-order valence-corrected chi connectivity index (χ4v) is 1.05. The molecule has 4 heteroatoms. The molecule has 4 nitrogen and oxygen atoms in total. The van der Waals surface area contributed by atoms with Gasteiger partial charge in [0.15, 0.2) is 0 Å². The number of aliphatic hydroxyl groups excluding tert-OH is 1. The third kappa shape index (κ3) is 4.18. The minimum absolute atomic E-state index is 0.0724. The second kappa shape index (κ2) is 6.27. The van der Waals surface area contributed by atoms with Gasteiger partial charge in [0, 0.05) is 0 Å². The quantitative estimate of drug-likeness (QED) is 0.730. The van der Waals surface area contributed by atoms with Gasteiger partial charge >= 0.3 is 0 Å². The number of hydrogen-bond acceptors (Lipinski definition) is 4. The van der Waals surface area contributed by atoms with Crippen molar-refractivity contribution in [2.75, 3.05) is 19.8 Å². The molecular weight excluding hydrogens is 194 g/mol. The lowest BCUT2D eigenvalue weighted by Crippen LogP contribution is -2.31. The van der Waals surface area contributed by atoms with Crippen LogP contribution in [0.25, 0.3) is 0 Å². The van der Waals surface area contributed by atoms with Crippen LogP contribution < -0.4 is 15.2 Å². The maximum atomic E-state index is 8.70. The molecule has 0 saturated heterocycles. The van der Waals surface area contributed by atoms with Gasteiger partial charge in [0.05, 0.1) is 19.3 Å². The molecule has 0 aliphatic heterocycles. The van der Waals surface area contributed by atoms with Crippen LogP contribution >= 0.6 is 0 Å². The predicted molar refractivity (Wildman–Crippen MR) is 58.2 cm³/mol. The van der Waals surface area contributed by atoms with Crippen LogP contribution in [0.2, 0.25) is 0 Å². The van der Waals surface area contributed by atoms with Gasteiger partial charge in [0.1, 0.15) is 18.1 Å². The molecule has 0 aromatic heterocycles. The second-order valence-electron chi connectivity index (χ2n) is 3.16. The molecule has 0 fully saturated rings. The Morgan fingerprint density at radius 2 is 1.73 bits per heavy atom. The summed E-state index contributed by atoms with van der Waals surface area (Å²) in [6.45, 7) is 2.82. The highest BCUT2D eigenvalue weighted by molar-refractivity contribution is 5.31. The zero-order valence-electron chi connectivity index (χ0n) is 8.85. The lowest BCUT2D eigenvalue weighted by Gasteiger charge is -2.10. The van der Waals surface area contributed by atoms with Crippen LogP contribution in [0.3, 0.4) is 0 Å². The largest absolute Gasteiger partial charge is 0.494 e. The first-order valence-electron chi connectivity index (χ1n) is 4.98. The Balaban J connectivity index is 2.42. The summed E-state index contributed by atoms with van der Waals surface area (Å²) in [7, 11) is 0. The molecule has 1 atom stereocenters. The summed E-state index contributed by atoms with van der Waals surface area (Å²) in [5, 5.41) is 8.70. The van der Waals surface area contributed by atoms with Crippen LogP contribution in [0.4, 0.5) is 0 Å². The van der Waals surface area contributed by atoms with E-state index in [1.54, 1.807) is 0 Å². The van der Waals surface area contributed by atoms with Crippen LogP contribution in [0.5, 0.6) is 11.5 Å². The Morgan fingerprint density at radius 1 is 1.20 bits per heavy atom. The van der Waals surface area contributed by atoms with Gasteiger partial charge in [-0.2, -0.15) is 0 Å². The average Bonchev–Trinajstić information content (AvgIpc) is 2.28. The molecule has 1 aromatic rings. The molecule has 0 saturated carbocycles. The van der Waals surface area contributed by atoms with Crippen LogP contribution in [-0.2, 0) is 0 Å². The molecular formula is C11H17NO3. The molecule has 0 amide bonds. The zero-order valence-corrected chi connectivity index (χ0v) is 8.85. The van der Waals surface area contributed by atoms with Gasteiger partial charge in [0.25, 0.3) is 0 Å². The maximum absolute atomic E-state index is 8.70. The Bertz CT molecular complexity index is 274. The van der Waals surface area contributed by atoms with E-state index in [1.165, 1.54) is 0 Å². The molecule has 1 rings (SSSR count). The molecule has 84 valence electrons. The van der Waals surface area contributed by atoms with Gasteiger partial charge in [-0.25, -0.2) is 0 Å². The summed E-state index contributed by atoms with van der Waals surface area (Å²) in [6, 6.07) is 6.97. The third-order valence-corrected chi connectivity index (χ3v) is 1.83. The van der Waals surface area contributed by atoms with E-state index < -0.39 is 0 Å². The van der Waals surface area contributed by atoms with Crippen molar-refractivity contribution in [1.29, 1.82) is 0 Å². The number of nitrogens with two attached hydrogens (primary N) is 1. The van der Waals surface area contributed by atoms with Crippen LogP contribution in [0.1, 0.15) is 6.92 Å². The molecule has 0 aliphatic carbocycles. The van der Waals surface area contributed by atoms with Crippen molar-refractivity contribution >= 4 is 0 Å². The Labute approximate surface area is 89.6 Å². The van der Waals surface area contributed by atoms with E-state index in [-0.39, 0.29) is 12.6 Å². The van der Waals surface area contributed by atoms with E-state index in [0.29, 0.717) is 13.2 Å². The maximum Gasteiger partial charge on any atom is 0.119 e. The lowest BCUT2D eigenvalue weighted by molar-refractivity contribution is 0.206. The van der Waals surface area contributed by atoms with E-state index in [2.05, 4.69) is 0 Å². The van der Waals surface area contributed by atoms with Crippen molar-refractivity contribution in [3.05, 3.63) is 24.3 Å². The first-order chi connectivity index (χ1) is 7.26. The molecule has 0 radical (unpaired) electrons. The van der Waals surface area contributed by atoms with E-state index in [1.807, 2.05) is 31.2 Å². The predicted octanol–water partition coefficient (Wildman–Crippen LogP) is 0.784. The number of ether oxygens (including phenoxy) is 2. The van der Waals surface area contributed by atoms with Gasteiger partial charge in [-0.1, -0.05) is 0 Å². The summed E-state index contributed by atoms with van der Waals surface area (Å²) in [5.74, 6) is 1.54. The summed E-state index contributed by atoms with van der Waals surface area (Å²) >= 11 is 0. The summed E-state index contributed by atoms with van der Waals surface area (Å²) in [5.41, 5.74) is 5.50. The highest BCUT2D eigenvalue weighted by atomic mass is 16.5. The Hall–Kier alpha value is -1.26. The topological polar surface area (TPSA) is 64.7 Å². The lowest BCUT2D eigenvalue weighted by atomic mass is 10.3. The smallest absolute Gasteiger partial charge is 0.119 e. The van der Waals surface area contributed by atoms with Crippen molar-refractivity contribution in [1.82, 2.24) is 0 Å². The van der Waals surface area contributed by atoms with Gasteiger partial charge in [0.2, 0.25) is 0 Å². The Morgan fingerprint density at radius 3 is 2.20 bits per heavy atom. The van der Waals surface area contributed by atoms with Crippen LogP contribution in [0.15, 0.2) is 24.3 Å². The molecule has 3 N–H and O–H groups in total. The SMILES string of the molecule is CCOc1ccc(OCC(N)CO)cc1. The van der Waals surface area contributed by atoms with E-state index >= 15 is 0 Å². The van der Waals surface area contributed by atoms with Gasteiger partial charge in [-0.3, -0.25) is 0 Å². The summed E-state index contributed by atoms with van der Waals surface area (Å²) in [4.78, 5) is 0. The average molecular weight is 211 g/mol. The molecule has 15 heavy (non-hydrogen) atoms.